The number of nitrogen functional groups attached to an aromatic ring is 1. The number of rotatable bonds is 0. The van der Waals surface area contributed by atoms with Crippen molar-refractivity contribution in [3.63, 3.8) is 0 Å². The summed E-state index contributed by atoms with van der Waals surface area (Å²) in [6.45, 7) is -0.158. The molecule has 0 spiro atoms. The average Bonchev–Trinajstić information content (AvgIpc) is 2.31. The molecule has 58 valence electrons. The van der Waals surface area contributed by atoms with Gasteiger partial charge in [-0.25, -0.2) is 0 Å². The van der Waals surface area contributed by atoms with E-state index in [0.717, 1.165) is 0 Å². The van der Waals surface area contributed by atoms with Gasteiger partial charge in [-0.2, -0.15) is 5.10 Å². The number of aryl methyl sites for hydroxylation is 1. The van der Waals surface area contributed by atoms with Gasteiger partial charge < -0.3 is 10.8 Å². The van der Waals surface area contributed by atoms with Crippen molar-refractivity contribution in [2.24, 2.45) is 7.05 Å². The molecule has 0 aliphatic rings. The first-order valence-electron chi connectivity index (χ1n) is 3.13. The Hall–Kier alpha value is -1.47. The van der Waals surface area contributed by atoms with E-state index in [9.17, 15) is 0 Å². The molecular formula is C7H9N3O. The molecule has 1 aromatic rings. The minimum Gasteiger partial charge on any atom is -0.384 e. The van der Waals surface area contributed by atoms with Gasteiger partial charge in [-0.05, 0) is 0 Å². The number of nitrogens with two attached hydrogens (primary N) is 1. The zero-order chi connectivity index (χ0) is 8.27. The quantitative estimate of drug-likeness (QED) is 0.484. The summed E-state index contributed by atoms with van der Waals surface area (Å²) in [7, 11) is 1.74. The minimum absolute atomic E-state index is 0.158. The van der Waals surface area contributed by atoms with Crippen molar-refractivity contribution >= 4 is 5.82 Å². The fraction of sp³-hybridized carbons (Fsp3) is 0.286. The number of hydrogen-bond donors (Lipinski definition) is 2. The van der Waals surface area contributed by atoms with Gasteiger partial charge in [0, 0.05) is 7.05 Å². The predicted molar refractivity (Wildman–Crippen MR) is 41.6 cm³/mol. The van der Waals surface area contributed by atoms with Gasteiger partial charge in [-0.1, -0.05) is 11.8 Å². The SMILES string of the molecule is Cn1ncc(C#CCO)c1N. The van der Waals surface area contributed by atoms with Crippen molar-refractivity contribution in [1.29, 1.82) is 0 Å². The zero-order valence-electron chi connectivity index (χ0n) is 6.20. The van der Waals surface area contributed by atoms with E-state index in [1.807, 2.05) is 0 Å². The third-order valence-corrected chi connectivity index (χ3v) is 1.29. The van der Waals surface area contributed by atoms with E-state index in [2.05, 4.69) is 16.9 Å². The number of nitrogens with zero attached hydrogens (tertiary/aromatic N) is 2. The van der Waals surface area contributed by atoms with E-state index in [-0.39, 0.29) is 6.61 Å². The first-order valence-corrected chi connectivity index (χ1v) is 3.13. The highest BCUT2D eigenvalue weighted by Crippen LogP contribution is 2.05. The number of hydrogen-bond acceptors (Lipinski definition) is 3. The molecule has 1 heterocycles. The highest BCUT2D eigenvalue weighted by atomic mass is 16.2. The first kappa shape index (κ1) is 7.63. The number of aliphatic hydroxyl groups is 1. The van der Waals surface area contributed by atoms with Gasteiger partial charge in [0.05, 0.1) is 11.8 Å². The molecule has 0 saturated carbocycles. The Morgan fingerprint density at radius 3 is 3.00 bits per heavy atom. The highest BCUT2D eigenvalue weighted by Gasteiger charge is 1.98. The van der Waals surface area contributed by atoms with E-state index in [0.29, 0.717) is 11.4 Å². The molecule has 0 amide bonds. The lowest BCUT2D eigenvalue weighted by Gasteiger charge is -1.91. The lowest BCUT2D eigenvalue weighted by Crippen LogP contribution is -1.98. The maximum atomic E-state index is 8.38. The van der Waals surface area contributed by atoms with Gasteiger partial charge in [-0.15, -0.1) is 0 Å². The van der Waals surface area contributed by atoms with Crippen LogP contribution in [0.4, 0.5) is 5.82 Å². The third kappa shape index (κ3) is 1.51. The van der Waals surface area contributed by atoms with Crippen LogP contribution in [-0.2, 0) is 7.05 Å². The summed E-state index contributed by atoms with van der Waals surface area (Å²) in [5.41, 5.74) is 6.21. The van der Waals surface area contributed by atoms with E-state index in [4.69, 9.17) is 10.8 Å². The van der Waals surface area contributed by atoms with Gasteiger partial charge >= 0.3 is 0 Å². The molecule has 3 N–H and O–H groups in total. The monoisotopic (exact) mass is 151 g/mol. The van der Waals surface area contributed by atoms with Crippen LogP contribution in [-0.4, -0.2) is 21.5 Å². The van der Waals surface area contributed by atoms with Crippen LogP contribution >= 0.6 is 0 Å². The molecule has 0 aliphatic heterocycles. The second-order valence-electron chi connectivity index (χ2n) is 2.03. The molecule has 1 aromatic heterocycles. The van der Waals surface area contributed by atoms with Crippen molar-refractivity contribution in [2.45, 2.75) is 0 Å². The van der Waals surface area contributed by atoms with Crippen LogP contribution in [0.25, 0.3) is 0 Å². The molecule has 1 rings (SSSR count). The van der Waals surface area contributed by atoms with Crippen LogP contribution in [0.1, 0.15) is 5.56 Å². The maximum Gasteiger partial charge on any atom is 0.137 e. The van der Waals surface area contributed by atoms with Gasteiger partial charge in [0.25, 0.3) is 0 Å². The van der Waals surface area contributed by atoms with Gasteiger partial charge in [0.1, 0.15) is 12.4 Å². The molecule has 0 aliphatic carbocycles. The van der Waals surface area contributed by atoms with Crippen LogP contribution in [0.2, 0.25) is 0 Å². The van der Waals surface area contributed by atoms with Gasteiger partial charge in [-0.3, -0.25) is 4.68 Å². The van der Waals surface area contributed by atoms with Gasteiger partial charge in [0.2, 0.25) is 0 Å². The largest absolute Gasteiger partial charge is 0.384 e. The summed E-state index contributed by atoms with van der Waals surface area (Å²) in [5.74, 6) is 5.69. The lowest BCUT2D eigenvalue weighted by atomic mass is 10.3. The van der Waals surface area contributed by atoms with Crippen molar-refractivity contribution in [3.8, 4) is 11.8 Å². The Bertz CT molecular complexity index is 305. The molecule has 0 bridgehead atoms. The molecule has 11 heavy (non-hydrogen) atoms. The molecule has 0 saturated heterocycles. The molecule has 0 radical (unpaired) electrons. The molecule has 0 unspecified atom stereocenters. The van der Waals surface area contributed by atoms with E-state index in [1.165, 1.54) is 4.68 Å². The second kappa shape index (κ2) is 3.08. The topological polar surface area (TPSA) is 64.1 Å². The van der Waals surface area contributed by atoms with Crippen molar-refractivity contribution < 1.29 is 5.11 Å². The van der Waals surface area contributed by atoms with Gasteiger partial charge in [0.15, 0.2) is 0 Å². The fourth-order valence-electron chi connectivity index (χ4n) is 0.678. The van der Waals surface area contributed by atoms with E-state index < -0.39 is 0 Å². The summed E-state index contributed by atoms with van der Waals surface area (Å²) in [5, 5.41) is 12.3. The third-order valence-electron chi connectivity index (χ3n) is 1.29. The smallest absolute Gasteiger partial charge is 0.137 e. The standard InChI is InChI=1S/C7H9N3O/c1-10-7(8)6(5-9-10)3-2-4-11/h5,11H,4,8H2,1H3. The van der Waals surface area contributed by atoms with Crippen molar-refractivity contribution in [2.75, 3.05) is 12.3 Å². The Labute approximate surface area is 64.6 Å². The molecular weight excluding hydrogens is 142 g/mol. The van der Waals surface area contributed by atoms with Crippen molar-refractivity contribution in [3.05, 3.63) is 11.8 Å². The normalized spacial score (nSPS) is 8.91. The molecule has 0 atom stereocenters. The van der Waals surface area contributed by atoms with E-state index in [1.54, 1.807) is 13.2 Å². The number of aromatic nitrogens is 2. The Morgan fingerprint density at radius 2 is 2.55 bits per heavy atom. The maximum absolute atomic E-state index is 8.38. The van der Waals surface area contributed by atoms with Crippen LogP contribution in [0, 0.1) is 11.8 Å². The van der Waals surface area contributed by atoms with Crippen LogP contribution in [0.15, 0.2) is 6.20 Å². The Morgan fingerprint density at radius 1 is 1.82 bits per heavy atom. The lowest BCUT2D eigenvalue weighted by molar-refractivity contribution is 0.350. The summed E-state index contributed by atoms with van der Waals surface area (Å²) in [6, 6.07) is 0. The van der Waals surface area contributed by atoms with Crippen LogP contribution in [0.5, 0.6) is 0 Å². The highest BCUT2D eigenvalue weighted by molar-refractivity contribution is 5.49. The zero-order valence-corrected chi connectivity index (χ0v) is 6.20. The first-order chi connectivity index (χ1) is 5.25. The van der Waals surface area contributed by atoms with Crippen molar-refractivity contribution in [1.82, 2.24) is 9.78 Å². The fourth-order valence-corrected chi connectivity index (χ4v) is 0.678. The Balaban J connectivity index is 2.96. The van der Waals surface area contributed by atoms with Crippen LogP contribution in [0.3, 0.4) is 0 Å². The summed E-state index contributed by atoms with van der Waals surface area (Å²) in [4.78, 5) is 0. The molecule has 0 aromatic carbocycles. The van der Waals surface area contributed by atoms with Crippen LogP contribution < -0.4 is 5.73 Å². The number of anilines is 1. The molecule has 4 heteroatoms. The Kier molecular flexibility index (Phi) is 2.14. The summed E-state index contributed by atoms with van der Waals surface area (Å²) in [6.07, 6.45) is 1.57. The predicted octanol–water partition coefficient (Wildman–Crippen LogP) is -0.654. The molecule has 4 nitrogen and oxygen atoms in total. The summed E-state index contributed by atoms with van der Waals surface area (Å²) >= 11 is 0. The second-order valence-corrected chi connectivity index (χ2v) is 2.03. The average molecular weight is 151 g/mol. The minimum atomic E-state index is -0.158. The molecule has 0 fully saturated rings. The summed E-state index contributed by atoms with van der Waals surface area (Å²) < 4.78 is 1.53. The van der Waals surface area contributed by atoms with E-state index >= 15 is 0 Å². The number of aliphatic hydroxyl groups excluding tert-OH is 1.